The molecule has 7 heteroatoms. The van der Waals surface area contributed by atoms with E-state index in [4.69, 9.17) is 5.73 Å². The number of likely N-dealkylation sites (N-methyl/N-ethyl adjacent to an activating group) is 1. The number of hydrogen-bond acceptors (Lipinski definition) is 4. The lowest BCUT2D eigenvalue weighted by Gasteiger charge is -2.26. The molecule has 1 aromatic heterocycles. The molecule has 7 nitrogen and oxygen atoms in total. The van der Waals surface area contributed by atoms with Crippen molar-refractivity contribution in [1.29, 1.82) is 0 Å². The summed E-state index contributed by atoms with van der Waals surface area (Å²) in [4.78, 5) is 25.6. The van der Waals surface area contributed by atoms with Crippen molar-refractivity contribution < 1.29 is 9.59 Å². The summed E-state index contributed by atoms with van der Waals surface area (Å²) in [5, 5.41) is 6.59. The number of aromatic nitrogens is 2. The lowest BCUT2D eigenvalue weighted by Crippen LogP contribution is -2.43. The van der Waals surface area contributed by atoms with E-state index in [2.05, 4.69) is 10.4 Å². The van der Waals surface area contributed by atoms with E-state index < -0.39 is 18.0 Å². The number of nitrogens with zero attached hydrogens (tertiary/aromatic N) is 3. The number of carbonyl (C=O) groups excluding carboxylic acids is 2. The Bertz CT molecular complexity index is 924. The number of carbonyl (C=O) groups is 2. The summed E-state index contributed by atoms with van der Waals surface area (Å²) < 4.78 is 1.86. The van der Waals surface area contributed by atoms with Crippen LogP contribution < -0.4 is 11.1 Å². The second kappa shape index (κ2) is 8.96. The van der Waals surface area contributed by atoms with Crippen molar-refractivity contribution >= 4 is 11.9 Å². The van der Waals surface area contributed by atoms with Crippen molar-refractivity contribution in [1.82, 2.24) is 20.0 Å². The summed E-state index contributed by atoms with van der Waals surface area (Å²) in [5.74, 6) is -0.460. The molecular formula is C21H23N5O2. The Morgan fingerprint density at radius 1 is 1.07 bits per heavy atom. The number of nitrogens with one attached hydrogen (secondary N) is 1. The zero-order valence-electron chi connectivity index (χ0n) is 15.7. The molecule has 3 aromatic rings. The average molecular weight is 377 g/mol. The van der Waals surface area contributed by atoms with Gasteiger partial charge in [0, 0.05) is 18.3 Å². The highest BCUT2D eigenvalue weighted by molar-refractivity contribution is 5.96. The third kappa shape index (κ3) is 5.05. The van der Waals surface area contributed by atoms with Gasteiger partial charge < -0.3 is 5.73 Å². The van der Waals surface area contributed by atoms with Crippen molar-refractivity contribution in [3.63, 3.8) is 0 Å². The lowest BCUT2D eigenvalue weighted by atomic mass is 10.0. The maximum absolute atomic E-state index is 12.6. The molecule has 3 amide bonds. The zero-order chi connectivity index (χ0) is 19.9. The molecule has 0 fully saturated rings. The van der Waals surface area contributed by atoms with Crippen LogP contribution in [0.15, 0.2) is 73.1 Å². The van der Waals surface area contributed by atoms with Crippen LogP contribution in [0.1, 0.15) is 22.7 Å². The number of rotatable bonds is 7. The highest BCUT2D eigenvalue weighted by Gasteiger charge is 2.26. The highest BCUT2D eigenvalue weighted by atomic mass is 16.2. The molecule has 28 heavy (non-hydrogen) atoms. The van der Waals surface area contributed by atoms with E-state index in [1.807, 2.05) is 83.5 Å². The van der Waals surface area contributed by atoms with Gasteiger partial charge in [0.25, 0.3) is 0 Å². The van der Waals surface area contributed by atoms with Gasteiger partial charge in [0.2, 0.25) is 5.91 Å². The van der Waals surface area contributed by atoms with Gasteiger partial charge in [-0.3, -0.25) is 19.7 Å². The van der Waals surface area contributed by atoms with Crippen LogP contribution >= 0.6 is 0 Å². The van der Waals surface area contributed by atoms with Gasteiger partial charge in [0.05, 0.1) is 12.7 Å². The number of benzene rings is 2. The van der Waals surface area contributed by atoms with Crippen LogP contribution in [0.3, 0.4) is 0 Å². The van der Waals surface area contributed by atoms with Gasteiger partial charge in [-0.1, -0.05) is 60.7 Å². The molecule has 0 aliphatic heterocycles. The number of primary amides is 1. The van der Waals surface area contributed by atoms with Crippen LogP contribution in [0.25, 0.3) is 0 Å². The molecular weight excluding hydrogens is 354 g/mol. The van der Waals surface area contributed by atoms with E-state index in [1.165, 1.54) is 0 Å². The van der Waals surface area contributed by atoms with Gasteiger partial charge in [-0.2, -0.15) is 5.10 Å². The minimum atomic E-state index is -0.866. The molecule has 3 rings (SSSR count). The molecule has 2 aromatic carbocycles. The van der Waals surface area contributed by atoms with Crippen LogP contribution in [0.4, 0.5) is 4.79 Å². The summed E-state index contributed by atoms with van der Waals surface area (Å²) in [6.07, 6.45) is 3.74. The number of urea groups is 1. The normalized spacial score (nSPS) is 11.9. The Balaban J connectivity index is 1.74. The summed E-state index contributed by atoms with van der Waals surface area (Å²) >= 11 is 0. The maximum atomic E-state index is 12.6. The number of nitrogens with two attached hydrogens (primary N) is 1. The Kier molecular flexibility index (Phi) is 6.18. The van der Waals surface area contributed by atoms with Gasteiger partial charge in [0.15, 0.2) is 0 Å². The quantitative estimate of drug-likeness (QED) is 0.661. The standard InChI is InChI=1S/C21H23N5O2/c1-25(19(20(27)24-21(22)28)18-10-6-3-7-11-18)13-17-12-23-26(15-17)14-16-8-4-2-5-9-16/h2-12,15,19H,13-14H2,1H3,(H3,22,24,27,28)/t19-/m1/s1. The van der Waals surface area contributed by atoms with Crippen LogP contribution in [-0.4, -0.2) is 33.7 Å². The first-order chi connectivity index (χ1) is 13.5. The van der Waals surface area contributed by atoms with Gasteiger partial charge in [-0.05, 0) is 18.2 Å². The van der Waals surface area contributed by atoms with Gasteiger partial charge in [-0.25, -0.2) is 4.79 Å². The number of hydrogen-bond donors (Lipinski definition) is 2. The molecule has 1 atom stereocenters. The highest BCUT2D eigenvalue weighted by Crippen LogP contribution is 2.21. The first-order valence-corrected chi connectivity index (χ1v) is 8.93. The molecule has 0 aliphatic carbocycles. The monoisotopic (exact) mass is 377 g/mol. The molecule has 3 N–H and O–H groups in total. The fourth-order valence-corrected chi connectivity index (χ4v) is 3.16. The summed E-state index contributed by atoms with van der Waals surface area (Å²) in [6, 6.07) is 17.8. The summed E-state index contributed by atoms with van der Waals surface area (Å²) in [7, 11) is 1.83. The van der Waals surface area contributed by atoms with Crippen LogP contribution in [-0.2, 0) is 17.9 Å². The summed E-state index contributed by atoms with van der Waals surface area (Å²) in [5.41, 5.74) is 8.04. The van der Waals surface area contributed by atoms with E-state index in [1.54, 1.807) is 6.20 Å². The first-order valence-electron chi connectivity index (χ1n) is 8.93. The second-order valence-corrected chi connectivity index (χ2v) is 6.61. The molecule has 0 spiro atoms. The predicted molar refractivity (Wildman–Crippen MR) is 106 cm³/mol. The third-order valence-corrected chi connectivity index (χ3v) is 4.36. The van der Waals surface area contributed by atoms with E-state index >= 15 is 0 Å². The van der Waals surface area contributed by atoms with E-state index in [0.717, 1.165) is 16.7 Å². The smallest absolute Gasteiger partial charge is 0.318 e. The molecule has 144 valence electrons. The molecule has 0 aliphatic rings. The molecule has 1 heterocycles. The molecule has 0 saturated carbocycles. The van der Waals surface area contributed by atoms with Crippen molar-refractivity contribution in [3.05, 3.63) is 89.7 Å². The second-order valence-electron chi connectivity index (χ2n) is 6.61. The van der Waals surface area contributed by atoms with Crippen LogP contribution in [0.5, 0.6) is 0 Å². The van der Waals surface area contributed by atoms with E-state index in [-0.39, 0.29) is 0 Å². The number of imide groups is 1. The fraction of sp³-hybridized carbons (Fsp3) is 0.190. The average Bonchev–Trinajstić information content (AvgIpc) is 3.09. The van der Waals surface area contributed by atoms with Gasteiger partial charge in [-0.15, -0.1) is 0 Å². The van der Waals surface area contributed by atoms with E-state index in [9.17, 15) is 9.59 Å². The first kappa shape index (κ1) is 19.3. The van der Waals surface area contributed by atoms with Crippen molar-refractivity contribution in [2.24, 2.45) is 5.73 Å². The minimum absolute atomic E-state index is 0.460. The Labute approximate surface area is 163 Å². The lowest BCUT2D eigenvalue weighted by molar-refractivity contribution is -0.125. The van der Waals surface area contributed by atoms with Gasteiger partial charge in [0.1, 0.15) is 6.04 Å². The van der Waals surface area contributed by atoms with Crippen LogP contribution in [0.2, 0.25) is 0 Å². The Morgan fingerprint density at radius 3 is 2.36 bits per heavy atom. The van der Waals surface area contributed by atoms with Crippen molar-refractivity contribution in [3.8, 4) is 0 Å². The third-order valence-electron chi connectivity index (χ3n) is 4.36. The SMILES string of the molecule is CN(Cc1cnn(Cc2ccccc2)c1)[C@@H](C(=O)NC(N)=O)c1ccccc1. The molecule has 0 radical (unpaired) electrons. The maximum Gasteiger partial charge on any atom is 0.318 e. The molecule has 0 unspecified atom stereocenters. The van der Waals surface area contributed by atoms with Crippen molar-refractivity contribution in [2.45, 2.75) is 19.1 Å². The Hall–Kier alpha value is -3.45. The largest absolute Gasteiger partial charge is 0.351 e. The molecule has 0 bridgehead atoms. The van der Waals surface area contributed by atoms with Gasteiger partial charge >= 0.3 is 6.03 Å². The fourth-order valence-electron chi connectivity index (χ4n) is 3.16. The topological polar surface area (TPSA) is 93.2 Å². The van der Waals surface area contributed by atoms with E-state index in [0.29, 0.717) is 13.1 Å². The number of amides is 3. The summed E-state index contributed by atoms with van der Waals surface area (Å²) in [6.45, 7) is 1.16. The Morgan fingerprint density at radius 2 is 1.71 bits per heavy atom. The van der Waals surface area contributed by atoms with Crippen molar-refractivity contribution in [2.75, 3.05) is 7.05 Å². The predicted octanol–water partition coefficient (Wildman–Crippen LogP) is 2.30. The zero-order valence-corrected chi connectivity index (χ0v) is 15.7. The molecule has 0 saturated heterocycles. The minimum Gasteiger partial charge on any atom is -0.351 e. The van der Waals surface area contributed by atoms with Crippen LogP contribution in [0, 0.1) is 0 Å².